The molecule has 106 valence electrons. The van der Waals surface area contributed by atoms with Gasteiger partial charge in [0.25, 0.3) is 0 Å². The molecule has 2 N–H and O–H groups in total. The number of hydrogen-bond acceptors (Lipinski definition) is 5. The van der Waals surface area contributed by atoms with Crippen molar-refractivity contribution in [3.8, 4) is 5.75 Å². The molecule has 19 heavy (non-hydrogen) atoms. The number of rotatable bonds is 9. The van der Waals surface area contributed by atoms with Crippen LogP contribution in [-0.2, 0) is 9.47 Å². The fourth-order valence-corrected chi connectivity index (χ4v) is 1.62. The highest BCUT2D eigenvalue weighted by Gasteiger charge is 2.17. The highest BCUT2D eigenvalue weighted by molar-refractivity contribution is 6.59. The zero-order valence-electron chi connectivity index (χ0n) is 11.5. The molecule has 0 aliphatic heterocycles. The highest BCUT2D eigenvalue weighted by atomic mass is 16.5. The quantitative estimate of drug-likeness (QED) is 0.491. The molecule has 0 spiro atoms. The van der Waals surface area contributed by atoms with Crippen molar-refractivity contribution in [1.29, 1.82) is 0 Å². The molecule has 0 saturated carbocycles. The van der Waals surface area contributed by atoms with E-state index in [0.717, 1.165) is 12.0 Å². The molecule has 0 unspecified atom stereocenters. The molecule has 1 rings (SSSR count). The van der Waals surface area contributed by atoms with Crippen LogP contribution in [0.5, 0.6) is 5.75 Å². The van der Waals surface area contributed by atoms with Gasteiger partial charge < -0.3 is 24.3 Å². The van der Waals surface area contributed by atoms with Gasteiger partial charge in [0.15, 0.2) is 0 Å². The van der Waals surface area contributed by atoms with Crippen LogP contribution in [-0.4, -0.2) is 50.7 Å². The minimum Gasteiger partial charge on any atom is -0.492 e. The molecule has 0 aliphatic carbocycles. The Hall–Kier alpha value is -1.08. The molecule has 0 atom stereocenters. The zero-order chi connectivity index (χ0) is 14.1. The van der Waals surface area contributed by atoms with Crippen molar-refractivity contribution in [1.82, 2.24) is 0 Å². The number of hydrogen-bond donors (Lipinski definition) is 2. The van der Waals surface area contributed by atoms with Crippen molar-refractivity contribution >= 4 is 12.6 Å². The van der Waals surface area contributed by atoms with Gasteiger partial charge in [0, 0.05) is 25.8 Å². The normalized spacial score (nSPS) is 10.5. The van der Waals surface area contributed by atoms with Gasteiger partial charge in [-0.1, -0.05) is 17.7 Å². The highest BCUT2D eigenvalue weighted by Crippen LogP contribution is 2.09. The van der Waals surface area contributed by atoms with E-state index < -0.39 is 7.12 Å². The molecule has 0 saturated heterocycles. The van der Waals surface area contributed by atoms with E-state index in [2.05, 4.69) is 0 Å². The Morgan fingerprint density at radius 2 is 1.89 bits per heavy atom. The third kappa shape index (κ3) is 6.07. The molecule has 1 aromatic carbocycles. The Morgan fingerprint density at radius 3 is 2.58 bits per heavy atom. The Kier molecular flexibility index (Phi) is 7.51. The lowest BCUT2D eigenvalue weighted by Crippen LogP contribution is -2.32. The van der Waals surface area contributed by atoms with Crippen molar-refractivity contribution in [3.05, 3.63) is 23.8 Å². The van der Waals surface area contributed by atoms with Crippen LogP contribution in [0.1, 0.15) is 12.0 Å². The van der Waals surface area contributed by atoms with Gasteiger partial charge in [-0.05, 0) is 19.4 Å². The Labute approximate surface area is 114 Å². The maximum absolute atomic E-state index is 9.26. The lowest BCUT2D eigenvalue weighted by atomic mass is 9.79. The van der Waals surface area contributed by atoms with E-state index in [1.54, 1.807) is 19.2 Å². The summed E-state index contributed by atoms with van der Waals surface area (Å²) in [6.07, 6.45) is 0.849. The van der Waals surface area contributed by atoms with Crippen LogP contribution >= 0.6 is 0 Å². The summed E-state index contributed by atoms with van der Waals surface area (Å²) in [6, 6.07) is 5.29. The predicted molar refractivity (Wildman–Crippen MR) is 73.8 cm³/mol. The van der Waals surface area contributed by atoms with E-state index in [4.69, 9.17) is 14.2 Å². The minimum absolute atomic E-state index is 0.371. The average Bonchev–Trinajstić information content (AvgIpc) is 2.39. The van der Waals surface area contributed by atoms with Crippen LogP contribution in [0.2, 0.25) is 0 Å². The second-order valence-electron chi connectivity index (χ2n) is 4.22. The fraction of sp³-hybridized carbons (Fsp3) is 0.538. The molecule has 0 fully saturated rings. The Balaban J connectivity index is 2.33. The smallest absolute Gasteiger partial charge is 0.492 e. The van der Waals surface area contributed by atoms with Gasteiger partial charge in [-0.15, -0.1) is 0 Å². The fourth-order valence-electron chi connectivity index (χ4n) is 1.62. The molecule has 0 aromatic heterocycles. The summed E-state index contributed by atoms with van der Waals surface area (Å²) in [7, 11) is 0.125. The second-order valence-corrected chi connectivity index (χ2v) is 4.22. The minimum atomic E-state index is -1.53. The first-order valence-electron chi connectivity index (χ1n) is 6.31. The Bertz CT molecular complexity index is 370. The van der Waals surface area contributed by atoms with E-state index in [1.807, 2.05) is 13.0 Å². The van der Waals surface area contributed by atoms with Gasteiger partial charge >= 0.3 is 7.12 Å². The molecule has 5 nitrogen and oxygen atoms in total. The first-order chi connectivity index (χ1) is 9.15. The van der Waals surface area contributed by atoms with Crippen molar-refractivity contribution in [2.24, 2.45) is 0 Å². The molecule has 0 radical (unpaired) electrons. The maximum atomic E-state index is 9.26. The summed E-state index contributed by atoms with van der Waals surface area (Å²) in [6.45, 7) is 4.02. The first kappa shape index (κ1) is 16.0. The van der Waals surface area contributed by atoms with Crippen LogP contribution < -0.4 is 10.2 Å². The summed E-state index contributed by atoms with van der Waals surface area (Å²) < 4.78 is 15.7. The molecule has 1 aromatic rings. The van der Waals surface area contributed by atoms with Crippen molar-refractivity contribution < 1.29 is 24.3 Å². The molecular formula is C13H21BO5. The van der Waals surface area contributed by atoms with Gasteiger partial charge in [0.05, 0.1) is 6.61 Å². The summed E-state index contributed by atoms with van der Waals surface area (Å²) in [5.74, 6) is 0.473. The zero-order valence-corrected chi connectivity index (χ0v) is 11.5. The molecule has 0 bridgehead atoms. The Morgan fingerprint density at radius 1 is 1.11 bits per heavy atom. The van der Waals surface area contributed by atoms with Gasteiger partial charge in [-0.2, -0.15) is 0 Å². The lowest BCUT2D eigenvalue weighted by molar-refractivity contribution is 0.0808. The number of ether oxygens (including phenoxy) is 3. The van der Waals surface area contributed by atoms with Gasteiger partial charge in [0.2, 0.25) is 0 Å². The second kappa shape index (κ2) is 8.93. The molecule has 0 heterocycles. The summed E-state index contributed by atoms with van der Waals surface area (Å²) in [5.41, 5.74) is 1.32. The van der Waals surface area contributed by atoms with Gasteiger partial charge in [0.1, 0.15) is 12.4 Å². The molecule has 0 amide bonds. The summed E-state index contributed by atoms with van der Waals surface area (Å²) in [4.78, 5) is 0. The van der Waals surface area contributed by atoms with E-state index >= 15 is 0 Å². The van der Waals surface area contributed by atoms with Crippen LogP contribution in [0.15, 0.2) is 18.2 Å². The number of methoxy groups -OCH3 is 1. The lowest BCUT2D eigenvalue weighted by Gasteiger charge is -2.12. The van der Waals surface area contributed by atoms with E-state index in [0.29, 0.717) is 37.6 Å². The average molecular weight is 268 g/mol. The molecule has 6 heteroatoms. The van der Waals surface area contributed by atoms with Crippen molar-refractivity contribution in [3.63, 3.8) is 0 Å². The molecular weight excluding hydrogens is 247 g/mol. The monoisotopic (exact) mass is 268 g/mol. The first-order valence-corrected chi connectivity index (χ1v) is 6.31. The van der Waals surface area contributed by atoms with Gasteiger partial charge in [-0.25, -0.2) is 0 Å². The van der Waals surface area contributed by atoms with E-state index in [-0.39, 0.29) is 0 Å². The van der Waals surface area contributed by atoms with Crippen LogP contribution in [0.4, 0.5) is 0 Å². The summed E-state index contributed by atoms with van der Waals surface area (Å²) >= 11 is 0. The predicted octanol–water partition coefficient (Wildman–Crippen LogP) is 0.107. The van der Waals surface area contributed by atoms with Crippen LogP contribution in [0, 0.1) is 6.92 Å². The topological polar surface area (TPSA) is 68.2 Å². The third-order valence-electron chi connectivity index (χ3n) is 2.57. The number of benzene rings is 1. The van der Waals surface area contributed by atoms with Crippen LogP contribution in [0.3, 0.4) is 0 Å². The van der Waals surface area contributed by atoms with E-state index in [9.17, 15) is 10.0 Å². The SMILES string of the molecule is COCCCOCCOc1ccc(C)cc1B(O)O. The largest absolute Gasteiger partial charge is 0.492 e. The van der Waals surface area contributed by atoms with Gasteiger partial charge in [-0.3, -0.25) is 0 Å². The maximum Gasteiger partial charge on any atom is 0.492 e. The van der Waals surface area contributed by atoms with Crippen LogP contribution in [0.25, 0.3) is 0 Å². The summed E-state index contributed by atoms with van der Waals surface area (Å²) in [5, 5.41) is 18.5. The van der Waals surface area contributed by atoms with Crippen molar-refractivity contribution in [2.45, 2.75) is 13.3 Å². The van der Waals surface area contributed by atoms with E-state index in [1.165, 1.54) is 0 Å². The standard InChI is InChI=1S/C13H21BO5/c1-11-4-5-13(12(10-11)14(15)16)19-9-8-18-7-3-6-17-2/h4-5,10,15-16H,3,6-9H2,1-2H3. The third-order valence-corrected chi connectivity index (χ3v) is 2.57. The van der Waals surface area contributed by atoms with Crippen molar-refractivity contribution in [2.75, 3.05) is 33.5 Å². The number of aryl methyl sites for hydroxylation is 1. The molecule has 0 aliphatic rings.